The van der Waals surface area contributed by atoms with Gasteiger partial charge in [-0.15, -0.1) is 23.1 Å². The summed E-state index contributed by atoms with van der Waals surface area (Å²) in [5.41, 5.74) is 1.27. The largest absolute Gasteiger partial charge is 0.505 e. The minimum absolute atomic E-state index is 0.105. The predicted molar refractivity (Wildman–Crippen MR) is 94.5 cm³/mol. The minimum Gasteiger partial charge on any atom is -0.505 e. The molecule has 1 aliphatic carbocycles. The number of hydrogen-bond donors (Lipinski definition) is 2. The summed E-state index contributed by atoms with van der Waals surface area (Å²) in [6.45, 7) is 1.62. The molecule has 0 fully saturated rings. The van der Waals surface area contributed by atoms with Gasteiger partial charge >= 0.3 is 5.97 Å². The number of halogens is 1. The van der Waals surface area contributed by atoms with Gasteiger partial charge in [-0.2, -0.15) is 0 Å². The van der Waals surface area contributed by atoms with Crippen LogP contribution in [0.3, 0.4) is 0 Å². The Morgan fingerprint density at radius 1 is 1.48 bits per heavy atom. The van der Waals surface area contributed by atoms with Crippen molar-refractivity contribution in [2.75, 3.05) is 6.26 Å². The molecule has 0 radical (unpaired) electrons. The second-order valence-corrected chi connectivity index (χ2v) is 7.75. The highest BCUT2D eigenvalue weighted by molar-refractivity contribution is 8.00. The van der Waals surface area contributed by atoms with E-state index >= 15 is 0 Å². The number of thiophene rings is 1. The minimum atomic E-state index is -1.11. The first kappa shape index (κ1) is 17.8. The number of aliphatic hydroxyl groups excluding tert-OH is 1. The van der Waals surface area contributed by atoms with Crippen LogP contribution in [0.25, 0.3) is 0 Å². The molecule has 1 aliphatic heterocycles. The molecule has 1 amide bonds. The summed E-state index contributed by atoms with van der Waals surface area (Å²) in [7, 11) is 0. The quantitative estimate of drug-likeness (QED) is 0.768. The van der Waals surface area contributed by atoms with Gasteiger partial charge in [0.2, 0.25) is 0 Å². The van der Waals surface area contributed by atoms with Gasteiger partial charge in [-0.05, 0) is 37.3 Å². The first-order valence-electron chi connectivity index (χ1n) is 7.52. The maximum absolute atomic E-state index is 14.5. The first-order chi connectivity index (χ1) is 11.8. The molecule has 0 saturated heterocycles. The molecule has 5 nitrogen and oxygen atoms in total. The number of allylic oxidation sites excluding steroid dienone is 2. The van der Waals surface area contributed by atoms with Gasteiger partial charge in [0, 0.05) is 16.7 Å². The number of fused-ring (bicyclic) bond motifs is 1. The molecule has 0 bridgehead atoms. The molecular weight excluding hydrogens is 365 g/mol. The van der Waals surface area contributed by atoms with Crippen molar-refractivity contribution in [1.82, 2.24) is 4.90 Å². The number of aliphatic hydroxyl groups is 1. The van der Waals surface area contributed by atoms with E-state index in [2.05, 4.69) is 0 Å². The lowest BCUT2D eigenvalue weighted by atomic mass is 9.92. The number of aliphatic carboxylic acids is 1. The van der Waals surface area contributed by atoms with Crippen LogP contribution in [0.1, 0.15) is 30.1 Å². The highest BCUT2D eigenvalue weighted by Crippen LogP contribution is 2.44. The average Bonchev–Trinajstić information content (AvgIpc) is 3.14. The molecule has 1 atom stereocenters. The SMILES string of the molecule is CSc1cc(C(=O)N2C(C)=C(CC(=O)O)C3=C(F)C(O)=CCC32)cs1. The Kier molecular flexibility index (Phi) is 4.75. The number of rotatable bonds is 4. The Labute approximate surface area is 152 Å². The molecule has 8 heteroatoms. The maximum Gasteiger partial charge on any atom is 0.307 e. The van der Waals surface area contributed by atoms with Crippen LogP contribution >= 0.6 is 23.1 Å². The van der Waals surface area contributed by atoms with E-state index in [0.717, 1.165) is 4.21 Å². The Morgan fingerprint density at radius 3 is 2.80 bits per heavy atom. The van der Waals surface area contributed by atoms with Crippen LogP contribution in [0, 0.1) is 0 Å². The van der Waals surface area contributed by atoms with E-state index in [0.29, 0.717) is 11.3 Å². The second kappa shape index (κ2) is 6.68. The molecule has 2 aliphatic rings. The van der Waals surface area contributed by atoms with Crippen molar-refractivity contribution >= 4 is 35.0 Å². The lowest BCUT2D eigenvalue weighted by Crippen LogP contribution is -2.36. The van der Waals surface area contributed by atoms with Crippen molar-refractivity contribution in [2.24, 2.45) is 0 Å². The molecule has 1 aromatic rings. The molecule has 1 unspecified atom stereocenters. The highest BCUT2D eigenvalue weighted by Gasteiger charge is 2.42. The van der Waals surface area contributed by atoms with Gasteiger partial charge in [-0.25, -0.2) is 4.39 Å². The molecule has 2 N–H and O–H groups in total. The molecule has 132 valence electrons. The van der Waals surface area contributed by atoms with Crippen molar-refractivity contribution in [3.63, 3.8) is 0 Å². The molecular formula is C17H16FNO4S2. The molecule has 2 heterocycles. The third kappa shape index (κ3) is 3.00. The smallest absolute Gasteiger partial charge is 0.307 e. The van der Waals surface area contributed by atoms with Crippen LogP contribution in [-0.2, 0) is 4.79 Å². The van der Waals surface area contributed by atoms with Crippen LogP contribution in [0.15, 0.2) is 50.2 Å². The normalized spacial score (nSPS) is 20.0. The fourth-order valence-electron chi connectivity index (χ4n) is 3.20. The molecule has 1 aromatic heterocycles. The van der Waals surface area contributed by atoms with Gasteiger partial charge < -0.3 is 15.1 Å². The summed E-state index contributed by atoms with van der Waals surface area (Å²) in [6, 6.07) is 1.14. The van der Waals surface area contributed by atoms with Gasteiger partial charge in [-0.1, -0.05) is 0 Å². The van der Waals surface area contributed by atoms with Crippen LogP contribution in [0.4, 0.5) is 4.39 Å². The summed E-state index contributed by atoms with van der Waals surface area (Å²) in [6.07, 6.45) is 3.07. The van der Waals surface area contributed by atoms with E-state index in [1.165, 1.54) is 34.1 Å². The van der Waals surface area contributed by atoms with E-state index in [4.69, 9.17) is 5.11 Å². The zero-order valence-corrected chi connectivity index (χ0v) is 15.2. The summed E-state index contributed by atoms with van der Waals surface area (Å²) in [5.74, 6) is -2.76. The van der Waals surface area contributed by atoms with Gasteiger partial charge in [0.25, 0.3) is 5.91 Å². The average molecular weight is 381 g/mol. The van der Waals surface area contributed by atoms with E-state index in [1.54, 1.807) is 18.4 Å². The number of thioether (sulfide) groups is 1. The molecule has 0 spiro atoms. The lowest BCUT2D eigenvalue weighted by molar-refractivity contribution is -0.136. The fraction of sp³-hybridized carbons (Fsp3) is 0.294. The number of carboxylic acid groups (broad SMARTS) is 1. The number of hydrogen-bond acceptors (Lipinski definition) is 5. The van der Waals surface area contributed by atoms with Crippen molar-refractivity contribution in [3.05, 3.63) is 51.5 Å². The zero-order chi connectivity index (χ0) is 18.3. The maximum atomic E-state index is 14.5. The number of carbonyl (C=O) groups excluding carboxylic acids is 1. The Hall–Kier alpha value is -2.06. The van der Waals surface area contributed by atoms with Crippen LogP contribution in [-0.4, -0.2) is 39.3 Å². The monoisotopic (exact) mass is 381 g/mol. The molecule has 25 heavy (non-hydrogen) atoms. The first-order valence-corrected chi connectivity index (χ1v) is 9.62. The third-order valence-electron chi connectivity index (χ3n) is 4.33. The van der Waals surface area contributed by atoms with Gasteiger partial charge in [0.05, 0.1) is 22.2 Å². The third-order valence-corrected chi connectivity index (χ3v) is 6.37. The fourth-order valence-corrected chi connectivity index (χ4v) is 4.58. The van der Waals surface area contributed by atoms with Crippen molar-refractivity contribution in [3.8, 4) is 0 Å². The van der Waals surface area contributed by atoms with Crippen LogP contribution in [0.5, 0.6) is 0 Å². The number of nitrogens with zero attached hydrogens (tertiary/aromatic N) is 1. The number of carboxylic acids is 1. The van der Waals surface area contributed by atoms with Crippen molar-refractivity contribution < 1.29 is 24.2 Å². The van der Waals surface area contributed by atoms with E-state index < -0.39 is 30.0 Å². The summed E-state index contributed by atoms with van der Waals surface area (Å²) < 4.78 is 15.5. The van der Waals surface area contributed by atoms with Gasteiger partial charge in [-0.3, -0.25) is 9.59 Å². The van der Waals surface area contributed by atoms with Gasteiger partial charge in [0.15, 0.2) is 5.83 Å². The van der Waals surface area contributed by atoms with Crippen LogP contribution in [0.2, 0.25) is 0 Å². The molecule has 0 aromatic carbocycles. The van der Waals surface area contributed by atoms with E-state index in [-0.39, 0.29) is 23.5 Å². The Morgan fingerprint density at radius 2 is 2.20 bits per heavy atom. The van der Waals surface area contributed by atoms with Crippen molar-refractivity contribution in [1.29, 1.82) is 0 Å². The predicted octanol–water partition coefficient (Wildman–Crippen LogP) is 4.11. The Bertz CT molecular complexity index is 853. The molecule has 3 rings (SSSR count). The van der Waals surface area contributed by atoms with E-state index in [9.17, 15) is 19.1 Å². The summed E-state index contributed by atoms with van der Waals surface area (Å²) >= 11 is 2.98. The topological polar surface area (TPSA) is 77.8 Å². The zero-order valence-electron chi connectivity index (χ0n) is 13.6. The highest BCUT2D eigenvalue weighted by atomic mass is 32.2. The van der Waals surface area contributed by atoms with Crippen molar-refractivity contribution in [2.45, 2.75) is 30.0 Å². The molecule has 0 saturated carbocycles. The summed E-state index contributed by atoms with van der Waals surface area (Å²) in [4.78, 5) is 25.6. The van der Waals surface area contributed by atoms with Gasteiger partial charge in [0.1, 0.15) is 5.76 Å². The van der Waals surface area contributed by atoms with E-state index in [1.807, 2.05) is 6.26 Å². The lowest BCUT2D eigenvalue weighted by Gasteiger charge is -2.28. The second-order valence-electron chi connectivity index (χ2n) is 5.74. The van der Waals surface area contributed by atoms with Crippen LogP contribution < -0.4 is 0 Å². The Balaban J connectivity index is 2.06. The number of carbonyl (C=O) groups is 2. The summed E-state index contributed by atoms with van der Waals surface area (Å²) in [5, 5.41) is 20.6. The number of amides is 1. The standard InChI is InChI=1S/C17H16FNO4S2/c1-8-10(6-13(21)22)15-11(3-4-12(20)16(15)18)19(8)17(23)9-5-14(24-2)25-7-9/h4-5,7,11,20H,3,6H2,1-2H3,(H,21,22).